The van der Waals surface area contributed by atoms with Gasteiger partial charge in [-0.1, -0.05) is 37.6 Å². The first-order valence-corrected chi connectivity index (χ1v) is 10.9. The number of phenols is 1. The average Bonchev–Trinajstić information content (AvgIpc) is 3.32. The normalized spacial score (nSPS) is 10.9. The van der Waals surface area contributed by atoms with Crippen LogP contribution < -0.4 is 15.4 Å². The summed E-state index contributed by atoms with van der Waals surface area (Å²) in [6.45, 7) is 4.09. The number of aromatic hydroxyl groups is 1. The summed E-state index contributed by atoms with van der Waals surface area (Å²) in [6.07, 6.45) is 3.24. The Labute approximate surface area is 201 Å². The topological polar surface area (TPSA) is 114 Å². The van der Waals surface area contributed by atoms with Gasteiger partial charge in [0.25, 0.3) is 5.91 Å². The molecule has 9 nitrogen and oxygen atoms in total. The van der Waals surface area contributed by atoms with Gasteiger partial charge < -0.3 is 20.5 Å². The Bertz CT molecular complexity index is 1340. The van der Waals surface area contributed by atoms with Crippen molar-refractivity contribution < 1.29 is 14.6 Å². The molecule has 0 saturated heterocycles. The van der Waals surface area contributed by atoms with Crippen LogP contribution in [0.3, 0.4) is 0 Å². The van der Waals surface area contributed by atoms with Crippen LogP contribution in [-0.4, -0.2) is 37.9 Å². The molecular formula is C24H23ClN6O3. The van der Waals surface area contributed by atoms with Crippen LogP contribution in [0.5, 0.6) is 11.5 Å². The second-order valence-electron chi connectivity index (χ2n) is 7.71. The summed E-state index contributed by atoms with van der Waals surface area (Å²) >= 11 is 6.32. The van der Waals surface area contributed by atoms with Crippen LogP contribution in [0.25, 0.3) is 5.82 Å². The van der Waals surface area contributed by atoms with Gasteiger partial charge in [-0.3, -0.25) is 4.79 Å². The number of benzene rings is 2. The van der Waals surface area contributed by atoms with Crippen LogP contribution >= 0.6 is 11.6 Å². The number of rotatable bonds is 7. The molecule has 2 aromatic carbocycles. The fraction of sp³-hybridized carbons (Fsp3) is 0.167. The molecule has 4 rings (SSSR count). The average molecular weight is 479 g/mol. The Morgan fingerprint density at radius 3 is 2.68 bits per heavy atom. The van der Waals surface area contributed by atoms with Crippen molar-refractivity contribution in [3.05, 3.63) is 77.2 Å². The van der Waals surface area contributed by atoms with Crippen molar-refractivity contribution in [1.29, 1.82) is 0 Å². The van der Waals surface area contributed by atoms with Crippen molar-refractivity contribution in [2.24, 2.45) is 0 Å². The Balaban J connectivity index is 1.63. The molecule has 10 heteroatoms. The number of aromatic nitrogens is 4. The van der Waals surface area contributed by atoms with Gasteiger partial charge in [0.2, 0.25) is 5.95 Å². The van der Waals surface area contributed by atoms with Crippen molar-refractivity contribution in [1.82, 2.24) is 19.7 Å². The number of phenolic OH excluding ortho intramolecular Hbond substituents is 1. The van der Waals surface area contributed by atoms with Crippen molar-refractivity contribution in [2.45, 2.75) is 19.8 Å². The smallest absolute Gasteiger partial charge is 0.259 e. The summed E-state index contributed by atoms with van der Waals surface area (Å²) in [5.41, 5.74) is 2.07. The lowest BCUT2D eigenvalue weighted by Crippen LogP contribution is -2.14. The standard InChI is InChI=1S/C24H23ClN6O3/c1-14(2)18-10-11-31(30-18)22-17(25)13-26-24(29-22)28-20-12-15(32)8-9-19(20)27-23(33)16-6-4-5-7-21(16)34-3/h4-14,32H,1-3H3,(H,27,33)(H,26,28,29). The maximum Gasteiger partial charge on any atom is 0.259 e. The number of amides is 1. The summed E-state index contributed by atoms with van der Waals surface area (Å²) in [5.74, 6) is 0.924. The zero-order valence-electron chi connectivity index (χ0n) is 18.8. The van der Waals surface area contributed by atoms with Gasteiger partial charge in [0.15, 0.2) is 5.82 Å². The molecule has 0 spiro atoms. The zero-order valence-corrected chi connectivity index (χ0v) is 19.5. The number of hydrogen-bond donors (Lipinski definition) is 3. The van der Waals surface area contributed by atoms with Gasteiger partial charge >= 0.3 is 0 Å². The molecule has 0 radical (unpaired) electrons. The molecule has 0 aliphatic heterocycles. The highest BCUT2D eigenvalue weighted by molar-refractivity contribution is 6.32. The van der Waals surface area contributed by atoms with Gasteiger partial charge in [-0.05, 0) is 36.2 Å². The lowest BCUT2D eigenvalue weighted by atomic mass is 10.1. The molecule has 0 bridgehead atoms. The third-order valence-electron chi connectivity index (χ3n) is 4.99. The third-order valence-corrected chi connectivity index (χ3v) is 5.26. The minimum Gasteiger partial charge on any atom is -0.508 e. The molecule has 2 aromatic heterocycles. The van der Waals surface area contributed by atoms with Gasteiger partial charge in [0.05, 0.1) is 35.9 Å². The van der Waals surface area contributed by atoms with Crippen LogP contribution in [0.1, 0.15) is 35.8 Å². The molecule has 0 saturated carbocycles. The second-order valence-corrected chi connectivity index (χ2v) is 8.12. The van der Waals surface area contributed by atoms with Gasteiger partial charge in [-0.25, -0.2) is 9.67 Å². The number of carbonyl (C=O) groups is 1. The fourth-order valence-corrected chi connectivity index (χ4v) is 3.41. The number of carbonyl (C=O) groups excluding carboxylic acids is 1. The lowest BCUT2D eigenvalue weighted by Gasteiger charge is -2.14. The Morgan fingerprint density at radius 1 is 1.15 bits per heavy atom. The molecule has 0 unspecified atom stereocenters. The monoisotopic (exact) mass is 478 g/mol. The minimum atomic E-state index is -0.373. The van der Waals surface area contributed by atoms with E-state index < -0.39 is 0 Å². The summed E-state index contributed by atoms with van der Waals surface area (Å²) < 4.78 is 6.86. The number of methoxy groups -OCH3 is 1. The molecule has 0 aliphatic carbocycles. The van der Waals surface area contributed by atoms with Crippen molar-refractivity contribution >= 4 is 34.8 Å². The van der Waals surface area contributed by atoms with Crippen LogP contribution in [0.4, 0.5) is 17.3 Å². The largest absolute Gasteiger partial charge is 0.508 e. The first kappa shape index (κ1) is 23.1. The molecule has 0 fully saturated rings. The van der Waals surface area contributed by atoms with Gasteiger partial charge in [-0.15, -0.1) is 0 Å². The van der Waals surface area contributed by atoms with E-state index in [-0.39, 0.29) is 23.5 Å². The van der Waals surface area contributed by atoms with E-state index in [4.69, 9.17) is 16.3 Å². The lowest BCUT2D eigenvalue weighted by molar-refractivity contribution is 0.102. The van der Waals surface area contributed by atoms with Crippen molar-refractivity contribution in [3.63, 3.8) is 0 Å². The predicted molar refractivity (Wildman–Crippen MR) is 131 cm³/mol. The van der Waals surface area contributed by atoms with E-state index in [0.717, 1.165) is 5.69 Å². The Morgan fingerprint density at radius 2 is 1.94 bits per heavy atom. The van der Waals surface area contributed by atoms with Crippen molar-refractivity contribution in [2.75, 3.05) is 17.7 Å². The number of para-hydroxylation sites is 1. The molecule has 174 valence electrons. The third kappa shape index (κ3) is 4.94. The molecule has 0 atom stereocenters. The van der Waals surface area contributed by atoms with Crippen LogP contribution in [0.15, 0.2) is 60.9 Å². The zero-order chi connectivity index (χ0) is 24.2. The maximum absolute atomic E-state index is 12.9. The number of ether oxygens (including phenoxy) is 1. The molecule has 2 heterocycles. The summed E-state index contributed by atoms with van der Waals surface area (Å²) in [5, 5.41) is 20.7. The van der Waals surface area contributed by atoms with Crippen LogP contribution in [-0.2, 0) is 0 Å². The first-order valence-electron chi connectivity index (χ1n) is 10.5. The number of hydrogen-bond acceptors (Lipinski definition) is 7. The second kappa shape index (κ2) is 9.80. The highest BCUT2D eigenvalue weighted by atomic mass is 35.5. The van der Waals surface area contributed by atoms with Crippen LogP contribution in [0, 0.1) is 0 Å². The SMILES string of the molecule is COc1ccccc1C(=O)Nc1ccc(O)cc1Nc1ncc(Cl)c(-n2ccc(C(C)C)n2)n1. The van der Waals surface area contributed by atoms with E-state index in [1.54, 1.807) is 41.2 Å². The fourth-order valence-electron chi connectivity index (χ4n) is 3.23. The minimum absolute atomic E-state index is 0.000582. The number of nitrogens with one attached hydrogen (secondary N) is 2. The van der Waals surface area contributed by atoms with Crippen LogP contribution in [0.2, 0.25) is 5.02 Å². The predicted octanol–water partition coefficient (Wildman–Crippen LogP) is 5.15. The maximum atomic E-state index is 12.9. The van der Waals surface area contributed by atoms with E-state index in [0.29, 0.717) is 33.5 Å². The molecular weight excluding hydrogens is 456 g/mol. The highest BCUT2D eigenvalue weighted by Gasteiger charge is 2.16. The first-order chi connectivity index (χ1) is 16.4. The Kier molecular flexibility index (Phi) is 6.65. The van der Waals surface area contributed by atoms with Gasteiger partial charge in [-0.2, -0.15) is 10.1 Å². The van der Waals surface area contributed by atoms with E-state index in [1.807, 2.05) is 19.9 Å². The summed E-state index contributed by atoms with van der Waals surface area (Å²) in [6, 6.07) is 13.3. The quantitative estimate of drug-likeness (QED) is 0.315. The molecule has 4 aromatic rings. The van der Waals surface area contributed by atoms with E-state index in [2.05, 4.69) is 25.7 Å². The van der Waals surface area contributed by atoms with Gasteiger partial charge in [0.1, 0.15) is 16.5 Å². The number of halogens is 1. The molecule has 1 amide bonds. The van der Waals surface area contributed by atoms with Gasteiger partial charge in [0, 0.05) is 12.3 Å². The summed E-state index contributed by atoms with van der Waals surface area (Å²) in [7, 11) is 1.50. The van der Waals surface area contributed by atoms with E-state index in [9.17, 15) is 9.90 Å². The number of anilines is 3. The van der Waals surface area contributed by atoms with E-state index in [1.165, 1.54) is 25.4 Å². The molecule has 34 heavy (non-hydrogen) atoms. The Hall–Kier alpha value is -4.11. The number of nitrogens with zero attached hydrogens (tertiary/aromatic N) is 4. The molecule has 0 aliphatic rings. The summed E-state index contributed by atoms with van der Waals surface area (Å²) in [4.78, 5) is 21.6. The highest BCUT2D eigenvalue weighted by Crippen LogP contribution is 2.30. The van der Waals surface area contributed by atoms with E-state index >= 15 is 0 Å². The molecule has 3 N–H and O–H groups in total. The van der Waals surface area contributed by atoms with Crippen molar-refractivity contribution in [3.8, 4) is 17.3 Å².